The molecule has 0 unspecified atom stereocenters. The molecule has 0 bridgehead atoms. The number of nitrogens with zero attached hydrogens (tertiary/aromatic N) is 2. The number of aromatic nitrogens is 2. The van der Waals surface area contributed by atoms with Gasteiger partial charge in [0.2, 0.25) is 5.88 Å². The summed E-state index contributed by atoms with van der Waals surface area (Å²) in [6.07, 6.45) is 6.21. The third kappa shape index (κ3) is 2.39. The molecule has 2 heterocycles. The molecule has 22 heavy (non-hydrogen) atoms. The Morgan fingerprint density at radius 1 is 1.23 bits per heavy atom. The summed E-state index contributed by atoms with van der Waals surface area (Å²) in [5, 5.41) is 10.3. The Kier molecular flexibility index (Phi) is 3.30. The van der Waals surface area contributed by atoms with Gasteiger partial charge in [-0.1, -0.05) is 0 Å². The summed E-state index contributed by atoms with van der Waals surface area (Å²) in [4.78, 5) is 29.9. The Morgan fingerprint density at radius 2 is 1.95 bits per heavy atom. The second-order valence-electron chi connectivity index (χ2n) is 4.51. The minimum Gasteiger partial charge on any atom is -0.494 e. The second-order valence-corrected chi connectivity index (χ2v) is 4.51. The van der Waals surface area contributed by atoms with E-state index >= 15 is 0 Å². The van der Waals surface area contributed by atoms with E-state index in [1.165, 1.54) is 24.4 Å². The van der Waals surface area contributed by atoms with Crippen molar-refractivity contribution in [3.05, 3.63) is 74.3 Å². The molecular formula is C15H10FN3O3. The standard InChI is InChI=1S/C15H10FN3O3/c16-9-3-5-11(6-4-9)19-14(21)12(13(20)18-15(19)22)8-10-2-1-7-17-10/h1-8,21H,(H,18,20,22). The lowest BCUT2D eigenvalue weighted by Gasteiger charge is -2.09. The molecule has 110 valence electrons. The van der Waals surface area contributed by atoms with Crippen molar-refractivity contribution in [2.75, 3.05) is 0 Å². The zero-order valence-electron chi connectivity index (χ0n) is 11.2. The summed E-state index contributed by atoms with van der Waals surface area (Å²) < 4.78 is 13.9. The van der Waals surface area contributed by atoms with Gasteiger partial charge in [0.15, 0.2) is 0 Å². The topological polar surface area (TPSA) is 87.5 Å². The van der Waals surface area contributed by atoms with Crippen molar-refractivity contribution in [1.82, 2.24) is 9.55 Å². The average Bonchev–Trinajstić information content (AvgIpc) is 2.98. The molecule has 1 aromatic carbocycles. The predicted molar refractivity (Wildman–Crippen MR) is 79.9 cm³/mol. The van der Waals surface area contributed by atoms with E-state index in [1.54, 1.807) is 12.2 Å². The number of aromatic hydroxyl groups is 1. The monoisotopic (exact) mass is 299 g/mol. The molecule has 0 atom stereocenters. The molecule has 1 aliphatic heterocycles. The molecule has 2 aromatic rings. The van der Waals surface area contributed by atoms with Gasteiger partial charge in [-0.3, -0.25) is 14.8 Å². The molecule has 3 rings (SSSR count). The molecule has 0 aliphatic carbocycles. The first-order valence-corrected chi connectivity index (χ1v) is 6.33. The highest BCUT2D eigenvalue weighted by molar-refractivity contribution is 5.79. The lowest BCUT2D eigenvalue weighted by molar-refractivity contribution is 0.429. The summed E-state index contributed by atoms with van der Waals surface area (Å²) in [6.45, 7) is 0. The molecule has 0 amide bonds. The Hall–Kier alpha value is -3.22. The maximum atomic E-state index is 13.0. The van der Waals surface area contributed by atoms with Gasteiger partial charge in [-0.05, 0) is 42.5 Å². The number of benzene rings is 1. The SMILES string of the molecule is O=c1[nH]c(=O)n(-c2ccc(F)cc2)c(O)c1C=C1C=CC=N1. The number of halogens is 1. The van der Waals surface area contributed by atoms with E-state index in [-0.39, 0.29) is 11.3 Å². The van der Waals surface area contributed by atoms with Crippen LogP contribution in [-0.4, -0.2) is 20.9 Å². The number of hydrogen-bond acceptors (Lipinski definition) is 4. The fraction of sp³-hybridized carbons (Fsp3) is 0. The molecule has 1 aromatic heterocycles. The molecule has 6 nitrogen and oxygen atoms in total. The summed E-state index contributed by atoms with van der Waals surface area (Å²) >= 11 is 0. The molecule has 0 saturated heterocycles. The van der Waals surface area contributed by atoms with Gasteiger partial charge in [0.05, 0.1) is 11.4 Å². The predicted octanol–water partition coefficient (Wildman–Crippen LogP) is 1.35. The van der Waals surface area contributed by atoms with Crippen molar-refractivity contribution in [2.45, 2.75) is 0 Å². The van der Waals surface area contributed by atoms with Crippen LogP contribution in [0, 0.1) is 5.82 Å². The smallest absolute Gasteiger partial charge is 0.335 e. The molecule has 0 radical (unpaired) electrons. The van der Waals surface area contributed by atoms with Crippen LogP contribution in [0.4, 0.5) is 4.39 Å². The van der Waals surface area contributed by atoms with Gasteiger partial charge in [-0.15, -0.1) is 0 Å². The van der Waals surface area contributed by atoms with Gasteiger partial charge in [0.1, 0.15) is 11.4 Å². The van der Waals surface area contributed by atoms with Crippen LogP contribution in [0.3, 0.4) is 0 Å². The van der Waals surface area contributed by atoms with Crippen molar-refractivity contribution < 1.29 is 9.50 Å². The van der Waals surface area contributed by atoms with Crippen LogP contribution in [0.5, 0.6) is 5.88 Å². The van der Waals surface area contributed by atoms with E-state index in [9.17, 15) is 19.1 Å². The summed E-state index contributed by atoms with van der Waals surface area (Å²) in [5.41, 5.74) is -0.969. The summed E-state index contributed by atoms with van der Waals surface area (Å²) in [7, 11) is 0. The number of hydrogen-bond donors (Lipinski definition) is 2. The van der Waals surface area contributed by atoms with Gasteiger partial charge >= 0.3 is 5.69 Å². The fourth-order valence-electron chi connectivity index (χ4n) is 2.05. The first-order valence-electron chi connectivity index (χ1n) is 6.33. The van der Waals surface area contributed by atoms with E-state index < -0.39 is 22.9 Å². The first kappa shape index (κ1) is 13.7. The lowest BCUT2D eigenvalue weighted by atomic mass is 10.2. The lowest BCUT2D eigenvalue weighted by Crippen LogP contribution is -2.30. The van der Waals surface area contributed by atoms with Crippen LogP contribution >= 0.6 is 0 Å². The molecular weight excluding hydrogens is 289 g/mol. The minimum atomic E-state index is -0.818. The number of H-pyrrole nitrogens is 1. The van der Waals surface area contributed by atoms with Gasteiger partial charge in [-0.2, -0.15) is 0 Å². The first-order chi connectivity index (χ1) is 10.6. The highest BCUT2D eigenvalue weighted by Gasteiger charge is 2.14. The Bertz CT molecular complexity index is 920. The number of aromatic amines is 1. The number of aliphatic imine (C=N–C) groups is 1. The molecule has 0 saturated carbocycles. The number of nitrogens with one attached hydrogen (secondary N) is 1. The molecule has 0 fully saturated rings. The van der Waals surface area contributed by atoms with Gasteiger partial charge < -0.3 is 5.11 Å². The van der Waals surface area contributed by atoms with E-state index in [2.05, 4.69) is 9.98 Å². The number of allylic oxidation sites excluding steroid dienone is 2. The highest BCUT2D eigenvalue weighted by Crippen LogP contribution is 2.20. The van der Waals surface area contributed by atoms with Crippen LogP contribution in [0.1, 0.15) is 5.56 Å². The van der Waals surface area contributed by atoms with E-state index in [0.29, 0.717) is 5.70 Å². The van der Waals surface area contributed by atoms with Gasteiger partial charge in [0.25, 0.3) is 5.56 Å². The zero-order chi connectivity index (χ0) is 15.7. The summed E-state index contributed by atoms with van der Waals surface area (Å²) in [5.74, 6) is -1.02. The van der Waals surface area contributed by atoms with E-state index in [4.69, 9.17) is 0 Å². The highest BCUT2D eigenvalue weighted by atomic mass is 19.1. The normalized spacial score (nSPS) is 14.9. The average molecular weight is 299 g/mol. The van der Waals surface area contributed by atoms with E-state index in [0.717, 1.165) is 16.7 Å². The van der Waals surface area contributed by atoms with Gasteiger partial charge in [0, 0.05) is 6.21 Å². The van der Waals surface area contributed by atoms with Crippen molar-refractivity contribution in [2.24, 2.45) is 4.99 Å². The van der Waals surface area contributed by atoms with Crippen LogP contribution in [0.25, 0.3) is 11.8 Å². The van der Waals surface area contributed by atoms with Crippen molar-refractivity contribution >= 4 is 12.3 Å². The number of rotatable bonds is 2. The summed E-state index contributed by atoms with van der Waals surface area (Å²) in [6, 6.07) is 4.93. The van der Waals surface area contributed by atoms with Crippen LogP contribution in [0.2, 0.25) is 0 Å². The van der Waals surface area contributed by atoms with Gasteiger partial charge in [-0.25, -0.2) is 13.8 Å². The quantitative estimate of drug-likeness (QED) is 0.877. The second kappa shape index (κ2) is 5.28. The third-order valence-corrected chi connectivity index (χ3v) is 3.07. The van der Waals surface area contributed by atoms with Crippen LogP contribution in [-0.2, 0) is 0 Å². The largest absolute Gasteiger partial charge is 0.494 e. The van der Waals surface area contributed by atoms with Crippen LogP contribution < -0.4 is 11.2 Å². The van der Waals surface area contributed by atoms with E-state index in [1.807, 2.05) is 0 Å². The minimum absolute atomic E-state index is 0.109. The molecule has 0 spiro atoms. The molecule has 2 N–H and O–H groups in total. The Labute approximate surface area is 123 Å². The van der Waals surface area contributed by atoms with Crippen LogP contribution in [0.15, 0.2) is 56.7 Å². The van der Waals surface area contributed by atoms with Crippen molar-refractivity contribution in [3.63, 3.8) is 0 Å². The Morgan fingerprint density at radius 3 is 2.59 bits per heavy atom. The fourth-order valence-corrected chi connectivity index (χ4v) is 2.05. The Balaban J connectivity index is 2.24. The maximum Gasteiger partial charge on any atom is 0.335 e. The zero-order valence-corrected chi connectivity index (χ0v) is 11.2. The third-order valence-electron chi connectivity index (χ3n) is 3.07. The van der Waals surface area contributed by atoms with Crippen molar-refractivity contribution in [3.8, 4) is 11.6 Å². The van der Waals surface area contributed by atoms with Crippen molar-refractivity contribution in [1.29, 1.82) is 0 Å². The molecule has 7 heteroatoms. The maximum absolute atomic E-state index is 13.0. The molecule has 1 aliphatic rings.